The molecule has 0 spiro atoms. The highest BCUT2D eigenvalue weighted by Gasteiger charge is 2.30. The molecular formula is C19H23N9O. The van der Waals surface area contributed by atoms with Gasteiger partial charge in [0.15, 0.2) is 11.5 Å². The van der Waals surface area contributed by atoms with E-state index in [0.717, 1.165) is 37.4 Å². The maximum absolute atomic E-state index is 12.9. The van der Waals surface area contributed by atoms with Crippen LogP contribution in [0.1, 0.15) is 18.3 Å². The van der Waals surface area contributed by atoms with E-state index in [2.05, 4.69) is 48.6 Å². The van der Waals surface area contributed by atoms with Crippen LogP contribution in [0.15, 0.2) is 24.7 Å². The fourth-order valence-electron chi connectivity index (χ4n) is 4.07. The maximum atomic E-state index is 12.9. The predicted molar refractivity (Wildman–Crippen MR) is 110 cm³/mol. The molecule has 1 fully saturated rings. The fraction of sp³-hybridized carbons (Fsp3) is 0.421. The zero-order valence-electron chi connectivity index (χ0n) is 16.5. The van der Waals surface area contributed by atoms with Crippen molar-refractivity contribution in [2.24, 2.45) is 0 Å². The van der Waals surface area contributed by atoms with Gasteiger partial charge in [-0.3, -0.25) is 10.2 Å². The van der Waals surface area contributed by atoms with Gasteiger partial charge in [0.2, 0.25) is 0 Å². The molecule has 0 aromatic carbocycles. The van der Waals surface area contributed by atoms with Crippen LogP contribution < -0.4 is 20.4 Å². The summed E-state index contributed by atoms with van der Waals surface area (Å²) in [5.74, 6) is 1.81. The van der Waals surface area contributed by atoms with Gasteiger partial charge in [-0.1, -0.05) is 0 Å². The third-order valence-electron chi connectivity index (χ3n) is 5.37. The van der Waals surface area contributed by atoms with Gasteiger partial charge < -0.3 is 10.2 Å². The zero-order chi connectivity index (χ0) is 20.0. The number of piperazine rings is 1. The first-order valence-corrected chi connectivity index (χ1v) is 9.82. The van der Waals surface area contributed by atoms with Crippen LogP contribution in [0.3, 0.4) is 0 Å². The smallest absolute Gasteiger partial charge is 0.328 e. The SMILES string of the molecule is Cc1nc2cnc(NC(=O)N3CCc4c(N5CCN[C@H](C)C5)ccnc43)cn2n1. The molecule has 5 rings (SSSR count). The summed E-state index contributed by atoms with van der Waals surface area (Å²) in [5.41, 5.74) is 2.95. The molecule has 2 aliphatic heterocycles. The second-order valence-corrected chi connectivity index (χ2v) is 7.50. The van der Waals surface area contributed by atoms with Gasteiger partial charge in [0.1, 0.15) is 11.6 Å². The minimum atomic E-state index is -0.245. The number of aromatic nitrogens is 5. The van der Waals surface area contributed by atoms with E-state index in [1.807, 2.05) is 6.92 Å². The van der Waals surface area contributed by atoms with Crippen molar-refractivity contribution in [1.82, 2.24) is 29.9 Å². The van der Waals surface area contributed by atoms with Gasteiger partial charge in [0.05, 0.1) is 12.4 Å². The molecule has 10 heteroatoms. The lowest BCUT2D eigenvalue weighted by Gasteiger charge is -2.34. The van der Waals surface area contributed by atoms with Crippen molar-refractivity contribution in [3.05, 3.63) is 36.0 Å². The largest absolute Gasteiger partial charge is 0.368 e. The molecule has 2 amide bonds. The summed E-state index contributed by atoms with van der Waals surface area (Å²) >= 11 is 0. The summed E-state index contributed by atoms with van der Waals surface area (Å²) in [6.45, 7) is 7.45. The number of pyridine rings is 1. The summed E-state index contributed by atoms with van der Waals surface area (Å²) in [6.07, 6.45) is 5.83. The molecule has 0 unspecified atom stereocenters. The monoisotopic (exact) mass is 393 g/mol. The van der Waals surface area contributed by atoms with E-state index < -0.39 is 0 Å². The number of aryl methyl sites for hydroxylation is 1. The van der Waals surface area contributed by atoms with E-state index in [4.69, 9.17) is 0 Å². The van der Waals surface area contributed by atoms with Gasteiger partial charge in [-0.05, 0) is 26.3 Å². The quantitative estimate of drug-likeness (QED) is 0.675. The summed E-state index contributed by atoms with van der Waals surface area (Å²) in [6, 6.07) is 2.25. The maximum Gasteiger partial charge on any atom is 0.328 e. The number of nitrogens with zero attached hydrogens (tertiary/aromatic N) is 7. The number of amides is 2. The van der Waals surface area contributed by atoms with E-state index in [9.17, 15) is 4.79 Å². The molecule has 0 radical (unpaired) electrons. The van der Waals surface area contributed by atoms with Gasteiger partial charge in [-0.2, -0.15) is 5.10 Å². The van der Waals surface area contributed by atoms with Crippen LogP contribution in [0.2, 0.25) is 0 Å². The molecule has 10 nitrogen and oxygen atoms in total. The molecular weight excluding hydrogens is 370 g/mol. The number of rotatable bonds is 2. The Hall–Kier alpha value is -3.27. The number of anilines is 3. The van der Waals surface area contributed by atoms with Crippen molar-refractivity contribution < 1.29 is 4.79 Å². The molecule has 1 atom stereocenters. The van der Waals surface area contributed by atoms with Gasteiger partial charge in [-0.25, -0.2) is 24.3 Å². The highest BCUT2D eigenvalue weighted by molar-refractivity contribution is 6.02. The van der Waals surface area contributed by atoms with Crippen LogP contribution in [0, 0.1) is 6.92 Å². The Morgan fingerprint density at radius 3 is 3.07 bits per heavy atom. The van der Waals surface area contributed by atoms with Gasteiger partial charge in [-0.15, -0.1) is 0 Å². The summed E-state index contributed by atoms with van der Waals surface area (Å²) in [7, 11) is 0. The van der Waals surface area contributed by atoms with E-state index in [0.29, 0.717) is 29.9 Å². The van der Waals surface area contributed by atoms with Gasteiger partial charge >= 0.3 is 6.03 Å². The highest BCUT2D eigenvalue weighted by Crippen LogP contribution is 2.34. The minimum absolute atomic E-state index is 0.245. The van der Waals surface area contributed by atoms with Crippen molar-refractivity contribution in [2.75, 3.05) is 41.3 Å². The lowest BCUT2D eigenvalue weighted by molar-refractivity contribution is 0.257. The fourth-order valence-corrected chi connectivity index (χ4v) is 4.07. The molecule has 5 heterocycles. The molecule has 0 saturated carbocycles. The van der Waals surface area contributed by atoms with Crippen molar-refractivity contribution in [2.45, 2.75) is 26.3 Å². The van der Waals surface area contributed by atoms with Crippen LogP contribution in [-0.4, -0.2) is 62.8 Å². The van der Waals surface area contributed by atoms with E-state index in [-0.39, 0.29) is 6.03 Å². The Kier molecular flexibility index (Phi) is 4.27. The molecule has 2 N–H and O–H groups in total. The first-order chi connectivity index (χ1) is 14.1. The molecule has 150 valence electrons. The number of carbonyl (C=O) groups is 1. The lowest BCUT2D eigenvalue weighted by atomic mass is 10.1. The summed E-state index contributed by atoms with van der Waals surface area (Å²) < 4.78 is 1.61. The number of carbonyl (C=O) groups excluding carboxylic acids is 1. The van der Waals surface area contributed by atoms with E-state index in [1.54, 1.807) is 28.0 Å². The van der Waals surface area contributed by atoms with Crippen molar-refractivity contribution in [1.29, 1.82) is 0 Å². The third-order valence-corrected chi connectivity index (χ3v) is 5.37. The van der Waals surface area contributed by atoms with Crippen LogP contribution in [0.5, 0.6) is 0 Å². The lowest BCUT2D eigenvalue weighted by Crippen LogP contribution is -2.49. The van der Waals surface area contributed by atoms with Gasteiger partial charge in [0, 0.05) is 49.7 Å². The van der Waals surface area contributed by atoms with Crippen LogP contribution in [0.25, 0.3) is 5.65 Å². The standard InChI is InChI=1S/C19H23N9O/c1-12-10-26(8-6-20-12)15-3-5-21-18-14(15)4-7-27(18)19(29)24-16-11-28-17(9-22-16)23-13(2)25-28/h3,5,9,11-12,20H,4,6-8,10H2,1-2H3,(H,24,29)/t12-/m1/s1. The zero-order valence-corrected chi connectivity index (χ0v) is 16.5. The Labute approximate surface area is 168 Å². The number of fused-ring (bicyclic) bond motifs is 2. The number of hydrogen-bond donors (Lipinski definition) is 2. The Balaban J connectivity index is 1.38. The molecule has 0 aliphatic carbocycles. The Morgan fingerprint density at radius 2 is 2.21 bits per heavy atom. The molecule has 1 saturated heterocycles. The molecule has 29 heavy (non-hydrogen) atoms. The Morgan fingerprint density at radius 1 is 1.31 bits per heavy atom. The number of urea groups is 1. The predicted octanol–water partition coefficient (Wildman–Crippen LogP) is 1.22. The normalized spacial score (nSPS) is 18.9. The Bertz CT molecular complexity index is 1080. The first kappa shape index (κ1) is 17.8. The van der Waals surface area contributed by atoms with Crippen LogP contribution >= 0.6 is 0 Å². The molecule has 2 aliphatic rings. The number of hydrogen-bond acceptors (Lipinski definition) is 7. The van der Waals surface area contributed by atoms with Crippen molar-refractivity contribution in [3.63, 3.8) is 0 Å². The van der Waals surface area contributed by atoms with E-state index >= 15 is 0 Å². The average molecular weight is 393 g/mol. The topological polar surface area (TPSA) is 104 Å². The van der Waals surface area contributed by atoms with E-state index in [1.165, 1.54) is 5.69 Å². The van der Waals surface area contributed by atoms with Crippen molar-refractivity contribution in [3.8, 4) is 0 Å². The molecule has 3 aromatic rings. The second kappa shape index (κ2) is 6.96. The molecule has 3 aromatic heterocycles. The highest BCUT2D eigenvalue weighted by atomic mass is 16.2. The minimum Gasteiger partial charge on any atom is -0.368 e. The van der Waals surface area contributed by atoms with Crippen LogP contribution in [0.4, 0.5) is 22.1 Å². The molecule has 0 bridgehead atoms. The van der Waals surface area contributed by atoms with Gasteiger partial charge in [0.25, 0.3) is 0 Å². The third kappa shape index (κ3) is 3.25. The summed E-state index contributed by atoms with van der Waals surface area (Å²) in [5, 5.41) is 10.6. The average Bonchev–Trinajstić information content (AvgIpc) is 3.30. The summed E-state index contributed by atoms with van der Waals surface area (Å²) in [4.78, 5) is 30.0. The van der Waals surface area contributed by atoms with Crippen molar-refractivity contribution >= 4 is 29.0 Å². The first-order valence-electron chi connectivity index (χ1n) is 9.82. The second-order valence-electron chi connectivity index (χ2n) is 7.50. The number of nitrogens with one attached hydrogen (secondary N) is 2. The van der Waals surface area contributed by atoms with Crippen LogP contribution in [-0.2, 0) is 6.42 Å².